The van der Waals surface area contributed by atoms with Gasteiger partial charge in [-0.3, -0.25) is 9.52 Å². The van der Waals surface area contributed by atoms with E-state index in [9.17, 15) is 18.4 Å². The number of benzene rings is 2. The molecule has 0 radical (unpaired) electrons. The van der Waals surface area contributed by atoms with Crippen LogP contribution in [0.25, 0.3) is 0 Å². The molecule has 0 saturated heterocycles. The Hall–Kier alpha value is -3.39. The minimum absolute atomic E-state index is 0.0669. The molecule has 132 valence electrons. The first-order valence-electron chi connectivity index (χ1n) is 7.63. The predicted molar refractivity (Wildman–Crippen MR) is 97.0 cm³/mol. The molecule has 3 aromatic rings. The van der Waals surface area contributed by atoms with Crippen molar-refractivity contribution in [2.75, 3.05) is 10.0 Å². The fourth-order valence-electron chi connectivity index (χ4n) is 2.27. The zero-order valence-corrected chi connectivity index (χ0v) is 14.3. The molecular formula is C18H15N3O4S. The molecule has 0 aliphatic heterocycles. The molecule has 8 heteroatoms. The molecule has 0 atom stereocenters. The van der Waals surface area contributed by atoms with E-state index >= 15 is 0 Å². The van der Waals surface area contributed by atoms with Gasteiger partial charge in [-0.05, 0) is 36.4 Å². The maximum Gasteiger partial charge on any atom is 0.321 e. The first-order chi connectivity index (χ1) is 12.5. The molecule has 26 heavy (non-hydrogen) atoms. The number of nitrogens with zero attached hydrogens (tertiary/aromatic N) is 1. The summed E-state index contributed by atoms with van der Waals surface area (Å²) in [6.07, 6.45) is 1.22. The highest BCUT2D eigenvalue weighted by molar-refractivity contribution is 7.92. The van der Waals surface area contributed by atoms with Gasteiger partial charge in [-0.15, -0.1) is 0 Å². The van der Waals surface area contributed by atoms with Crippen molar-refractivity contribution in [2.24, 2.45) is 0 Å². The van der Waals surface area contributed by atoms with Crippen LogP contribution < -0.4 is 14.8 Å². The summed E-state index contributed by atoms with van der Waals surface area (Å²) in [7, 11) is -3.73. The van der Waals surface area contributed by atoms with E-state index < -0.39 is 15.9 Å². The predicted octanol–water partition coefficient (Wildman–Crippen LogP) is 2.37. The third-order valence-electron chi connectivity index (χ3n) is 3.48. The Bertz CT molecular complexity index is 1040. The Labute approximate surface area is 150 Å². The first kappa shape index (κ1) is 17.4. The zero-order chi connectivity index (χ0) is 18.6. The van der Waals surface area contributed by atoms with Gasteiger partial charge in [0, 0.05) is 17.8 Å². The molecule has 0 bridgehead atoms. The van der Waals surface area contributed by atoms with Crippen LogP contribution in [0.5, 0.6) is 0 Å². The van der Waals surface area contributed by atoms with Crippen molar-refractivity contribution < 1.29 is 17.9 Å². The number of pyridine rings is 1. The van der Waals surface area contributed by atoms with Gasteiger partial charge < -0.3 is 10.5 Å². The zero-order valence-electron chi connectivity index (χ0n) is 13.5. The average Bonchev–Trinajstić information content (AvgIpc) is 2.63. The Morgan fingerprint density at radius 1 is 0.885 bits per heavy atom. The summed E-state index contributed by atoms with van der Waals surface area (Å²) in [5.74, 6) is -0.594. The first-order valence-corrected chi connectivity index (χ1v) is 9.11. The summed E-state index contributed by atoms with van der Waals surface area (Å²) in [5, 5.41) is 14.2. The van der Waals surface area contributed by atoms with Crippen molar-refractivity contribution in [1.29, 1.82) is 0 Å². The summed E-state index contributed by atoms with van der Waals surface area (Å²) < 4.78 is 27.6. The topological polar surface area (TPSA) is 102 Å². The highest BCUT2D eigenvalue weighted by atomic mass is 32.2. The summed E-state index contributed by atoms with van der Waals surface area (Å²) >= 11 is 0. The van der Waals surface area contributed by atoms with Crippen LogP contribution in [0.1, 0.15) is 10.5 Å². The van der Waals surface area contributed by atoms with E-state index in [1.165, 1.54) is 36.5 Å². The van der Waals surface area contributed by atoms with E-state index in [2.05, 4.69) is 10.0 Å². The Morgan fingerprint density at radius 3 is 2.31 bits per heavy atom. The monoisotopic (exact) mass is 369 g/mol. The van der Waals surface area contributed by atoms with E-state index in [-0.39, 0.29) is 16.3 Å². The smallest absolute Gasteiger partial charge is 0.321 e. The van der Waals surface area contributed by atoms with Crippen molar-refractivity contribution in [3.63, 3.8) is 0 Å². The lowest BCUT2D eigenvalue weighted by atomic mass is 10.2. The largest absolute Gasteiger partial charge is 0.618 e. The molecule has 0 saturated carbocycles. The van der Waals surface area contributed by atoms with Crippen LogP contribution in [0.4, 0.5) is 11.4 Å². The second-order valence-electron chi connectivity index (χ2n) is 5.37. The fraction of sp³-hybridized carbons (Fsp3) is 0. The Morgan fingerprint density at radius 2 is 1.58 bits per heavy atom. The number of aromatic nitrogens is 1. The fourth-order valence-corrected chi connectivity index (χ4v) is 3.34. The summed E-state index contributed by atoms with van der Waals surface area (Å²) in [6, 6.07) is 18.6. The average molecular weight is 369 g/mol. The van der Waals surface area contributed by atoms with Gasteiger partial charge in [0.25, 0.3) is 15.7 Å². The maximum absolute atomic E-state index is 12.4. The number of carbonyl (C=O) groups excluding carboxylic acids is 1. The van der Waals surface area contributed by atoms with Gasteiger partial charge in [-0.2, -0.15) is 4.73 Å². The van der Waals surface area contributed by atoms with Gasteiger partial charge in [-0.25, -0.2) is 8.42 Å². The number of carbonyl (C=O) groups is 1. The van der Waals surface area contributed by atoms with Crippen LogP contribution in [0.3, 0.4) is 0 Å². The lowest BCUT2D eigenvalue weighted by Crippen LogP contribution is -2.36. The van der Waals surface area contributed by atoms with Gasteiger partial charge in [-0.1, -0.05) is 24.3 Å². The van der Waals surface area contributed by atoms with Crippen LogP contribution in [0.15, 0.2) is 83.9 Å². The number of hydrogen-bond donors (Lipinski definition) is 2. The molecule has 1 heterocycles. The number of hydrogen-bond acceptors (Lipinski definition) is 4. The third-order valence-corrected chi connectivity index (χ3v) is 4.88. The standard InChI is InChI=1S/C18H15N3O4S/c22-18(17-11-4-5-12-21(17)23)19-14-7-6-8-15(13-14)20-26(24,25)16-9-2-1-3-10-16/h1-13,20H,(H,19,22). The molecule has 1 amide bonds. The molecule has 7 nitrogen and oxygen atoms in total. The summed E-state index contributed by atoms with van der Waals surface area (Å²) in [4.78, 5) is 12.3. The van der Waals surface area contributed by atoms with Gasteiger partial charge >= 0.3 is 5.91 Å². The SMILES string of the molecule is O=C(Nc1cccc(NS(=O)(=O)c2ccccc2)c1)c1cccc[n+]1[O-]. The molecule has 2 aromatic carbocycles. The second-order valence-corrected chi connectivity index (χ2v) is 7.05. The molecule has 2 N–H and O–H groups in total. The maximum atomic E-state index is 12.4. The van der Waals surface area contributed by atoms with Crippen LogP contribution >= 0.6 is 0 Å². The van der Waals surface area contributed by atoms with Crippen molar-refractivity contribution in [1.82, 2.24) is 0 Å². The Kier molecular flexibility index (Phi) is 4.85. The molecule has 3 rings (SSSR count). The Balaban J connectivity index is 1.79. The second kappa shape index (κ2) is 7.24. The van der Waals surface area contributed by atoms with E-state index in [4.69, 9.17) is 0 Å². The van der Waals surface area contributed by atoms with E-state index in [0.717, 1.165) is 0 Å². The van der Waals surface area contributed by atoms with E-state index in [1.807, 2.05) is 0 Å². The van der Waals surface area contributed by atoms with Gasteiger partial charge in [0.2, 0.25) is 0 Å². The number of anilines is 2. The minimum Gasteiger partial charge on any atom is -0.618 e. The van der Waals surface area contributed by atoms with Crippen LogP contribution in [-0.4, -0.2) is 14.3 Å². The molecule has 0 aliphatic carbocycles. The molecule has 0 fully saturated rings. The molecule has 0 aliphatic rings. The lowest BCUT2D eigenvalue weighted by molar-refractivity contribution is -0.607. The van der Waals surface area contributed by atoms with Crippen LogP contribution in [0, 0.1) is 5.21 Å². The van der Waals surface area contributed by atoms with Gasteiger partial charge in [0.1, 0.15) is 0 Å². The minimum atomic E-state index is -3.73. The van der Waals surface area contributed by atoms with Crippen molar-refractivity contribution in [2.45, 2.75) is 4.90 Å². The van der Waals surface area contributed by atoms with E-state index in [1.54, 1.807) is 42.5 Å². The molecule has 0 spiro atoms. The van der Waals surface area contributed by atoms with Crippen molar-refractivity contribution in [3.8, 4) is 0 Å². The van der Waals surface area contributed by atoms with Crippen LogP contribution in [0.2, 0.25) is 0 Å². The summed E-state index contributed by atoms with van der Waals surface area (Å²) in [5.41, 5.74) is 0.574. The molecule has 1 aromatic heterocycles. The molecule has 0 unspecified atom stereocenters. The number of nitrogens with one attached hydrogen (secondary N) is 2. The van der Waals surface area contributed by atoms with E-state index in [0.29, 0.717) is 10.4 Å². The number of rotatable bonds is 5. The molecular weight excluding hydrogens is 354 g/mol. The van der Waals surface area contributed by atoms with Crippen molar-refractivity contribution >= 4 is 27.3 Å². The summed E-state index contributed by atoms with van der Waals surface area (Å²) in [6.45, 7) is 0. The highest BCUT2D eigenvalue weighted by Gasteiger charge is 2.16. The van der Waals surface area contributed by atoms with Gasteiger partial charge in [0.05, 0.1) is 10.6 Å². The quantitative estimate of drug-likeness (QED) is 0.532. The van der Waals surface area contributed by atoms with Crippen molar-refractivity contribution in [3.05, 3.63) is 89.9 Å². The van der Waals surface area contributed by atoms with Crippen LogP contribution in [-0.2, 0) is 10.0 Å². The van der Waals surface area contributed by atoms with Gasteiger partial charge in [0.15, 0.2) is 6.20 Å². The number of sulfonamides is 1. The number of amides is 1. The third kappa shape index (κ3) is 3.98. The lowest BCUT2D eigenvalue weighted by Gasteiger charge is -2.10. The normalized spacial score (nSPS) is 10.9. The highest BCUT2D eigenvalue weighted by Crippen LogP contribution is 2.19.